The van der Waals surface area contributed by atoms with Gasteiger partial charge in [0.25, 0.3) is 0 Å². The summed E-state index contributed by atoms with van der Waals surface area (Å²) in [6, 6.07) is 3.67. The van der Waals surface area contributed by atoms with E-state index < -0.39 is 0 Å². The lowest BCUT2D eigenvalue weighted by Gasteiger charge is -2.06. The van der Waals surface area contributed by atoms with Crippen molar-refractivity contribution in [2.45, 2.75) is 26.9 Å². The van der Waals surface area contributed by atoms with Crippen LogP contribution in [0.25, 0.3) is 0 Å². The lowest BCUT2D eigenvalue weighted by molar-refractivity contribution is -0.120. The number of aromatic nitrogens is 2. The summed E-state index contributed by atoms with van der Waals surface area (Å²) in [5.74, 6) is 1.17. The molecule has 2 rings (SSSR count). The molecule has 0 saturated heterocycles. The summed E-state index contributed by atoms with van der Waals surface area (Å²) >= 11 is 1.50. The average Bonchev–Trinajstić information content (AvgIpc) is 2.91. The predicted molar refractivity (Wildman–Crippen MR) is 82.2 cm³/mol. The van der Waals surface area contributed by atoms with Crippen LogP contribution in [-0.2, 0) is 17.8 Å². The monoisotopic (exact) mass is 305 g/mol. The molecule has 1 amide bonds. The molecule has 2 aromatic rings. The summed E-state index contributed by atoms with van der Waals surface area (Å²) < 4.78 is 5.57. The number of ether oxygens (including phenoxy) is 1. The van der Waals surface area contributed by atoms with Crippen molar-refractivity contribution in [3.8, 4) is 5.75 Å². The first kappa shape index (κ1) is 15.4. The van der Waals surface area contributed by atoms with Crippen LogP contribution in [0.2, 0.25) is 0 Å². The molecule has 0 aromatic carbocycles. The summed E-state index contributed by atoms with van der Waals surface area (Å²) in [6.45, 7) is 5.22. The van der Waals surface area contributed by atoms with Crippen LogP contribution in [0.5, 0.6) is 5.75 Å². The van der Waals surface area contributed by atoms with Crippen LogP contribution in [0.3, 0.4) is 0 Å². The molecule has 112 valence electrons. The molecule has 0 fully saturated rings. The smallest absolute Gasteiger partial charge is 0.226 e. The fraction of sp³-hybridized carbons (Fsp3) is 0.400. The van der Waals surface area contributed by atoms with E-state index >= 15 is 0 Å². The fourth-order valence-electron chi connectivity index (χ4n) is 1.62. The molecule has 0 atom stereocenters. The Morgan fingerprint density at radius 1 is 1.48 bits per heavy atom. The second kappa shape index (κ2) is 7.73. The molecule has 0 bridgehead atoms. The highest BCUT2D eigenvalue weighted by molar-refractivity contribution is 7.09. The molecular weight excluding hydrogens is 286 g/mol. The molecule has 0 saturated carbocycles. The lowest BCUT2D eigenvalue weighted by atomic mass is 10.2. The van der Waals surface area contributed by atoms with Crippen molar-refractivity contribution in [3.63, 3.8) is 0 Å². The van der Waals surface area contributed by atoms with Gasteiger partial charge < -0.3 is 10.1 Å². The first-order valence-corrected chi connectivity index (χ1v) is 7.74. The van der Waals surface area contributed by atoms with Crippen LogP contribution in [0.4, 0.5) is 0 Å². The van der Waals surface area contributed by atoms with E-state index in [1.165, 1.54) is 11.3 Å². The van der Waals surface area contributed by atoms with Gasteiger partial charge in [0.2, 0.25) is 5.91 Å². The minimum Gasteiger partial charge on any atom is -0.485 e. The van der Waals surface area contributed by atoms with Gasteiger partial charge in [-0.3, -0.25) is 9.78 Å². The molecule has 0 aliphatic carbocycles. The molecule has 0 spiro atoms. The Kier molecular flexibility index (Phi) is 5.68. The van der Waals surface area contributed by atoms with Crippen LogP contribution in [0, 0.1) is 5.92 Å². The van der Waals surface area contributed by atoms with Crippen molar-refractivity contribution in [2.75, 3.05) is 6.54 Å². The predicted octanol–water partition coefficient (Wildman–Crippen LogP) is 2.43. The molecule has 2 heterocycles. The van der Waals surface area contributed by atoms with E-state index in [4.69, 9.17) is 4.74 Å². The molecule has 6 heteroatoms. The number of carbonyl (C=O) groups excluding carboxylic acids is 1. The van der Waals surface area contributed by atoms with Gasteiger partial charge in [-0.2, -0.15) is 0 Å². The van der Waals surface area contributed by atoms with Gasteiger partial charge in [0.15, 0.2) is 0 Å². The first-order chi connectivity index (χ1) is 10.1. The van der Waals surface area contributed by atoms with Crippen molar-refractivity contribution in [1.82, 2.24) is 15.3 Å². The highest BCUT2D eigenvalue weighted by Crippen LogP contribution is 2.14. The molecule has 0 radical (unpaired) electrons. The summed E-state index contributed by atoms with van der Waals surface area (Å²) in [5.41, 5.74) is 0.783. The largest absolute Gasteiger partial charge is 0.485 e. The van der Waals surface area contributed by atoms with E-state index in [-0.39, 0.29) is 5.91 Å². The van der Waals surface area contributed by atoms with Crippen molar-refractivity contribution in [1.29, 1.82) is 0 Å². The molecule has 21 heavy (non-hydrogen) atoms. The first-order valence-electron chi connectivity index (χ1n) is 6.86. The van der Waals surface area contributed by atoms with E-state index in [1.54, 1.807) is 12.4 Å². The molecule has 1 N–H and O–H groups in total. The summed E-state index contributed by atoms with van der Waals surface area (Å²) in [6.07, 6.45) is 3.67. The minimum absolute atomic E-state index is 0.00808. The van der Waals surface area contributed by atoms with Crippen molar-refractivity contribution in [3.05, 3.63) is 40.6 Å². The Morgan fingerprint density at radius 3 is 3.05 bits per heavy atom. The maximum Gasteiger partial charge on any atom is 0.226 e. The van der Waals surface area contributed by atoms with Crippen molar-refractivity contribution < 1.29 is 9.53 Å². The summed E-state index contributed by atoms with van der Waals surface area (Å²) in [7, 11) is 0. The number of amides is 1. The summed E-state index contributed by atoms with van der Waals surface area (Å²) in [5, 5.41) is 5.64. The van der Waals surface area contributed by atoms with Gasteiger partial charge in [-0.1, -0.05) is 13.8 Å². The Morgan fingerprint density at radius 2 is 2.33 bits per heavy atom. The quantitative estimate of drug-likeness (QED) is 0.853. The van der Waals surface area contributed by atoms with Gasteiger partial charge in [-0.05, 0) is 18.1 Å². The number of nitrogens with zero attached hydrogens (tertiary/aromatic N) is 2. The molecule has 5 nitrogen and oxygen atoms in total. The zero-order valence-electron chi connectivity index (χ0n) is 12.2. The number of carbonyl (C=O) groups is 1. The second-order valence-corrected chi connectivity index (χ2v) is 6.03. The van der Waals surface area contributed by atoms with Gasteiger partial charge >= 0.3 is 0 Å². The lowest BCUT2D eigenvalue weighted by Crippen LogP contribution is -2.28. The number of rotatable bonds is 7. The number of hydrogen-bond acceptors (Lipinski definition) is 5. The van der Waals surface area contributed by atoms with Gasteiger partial charge in [0.05, 0.1) is 18.3 Å². The van der Waals surface area contributed by atoms with Gasteiger partial charge in [0.1, 0.15) is 17.4 Å². The van der Waals surface area contributed by atoms with Crippen LogP contribution < -0.4 is 10.1 Å². The zero-order valence-corrected chi connectivity index (χ0v) is 13.0. The van der Waals surface area contributed by atoms with Gasteiger partial charge in [-0.25, -0.2) is 4.98 Å². The summed E-state index contributed by atoms with van der Waals surface area (Å²) in [4.78, 5) is 20.1. The van der Waals surface area contributed by atoms with Gasteiger partial charge in [0, 0.05) is 18.1 Å². The van der Waals surface area contributed by atoms with E-state index in [9.17, 15) is 4.79 Å². The Bertz CT molecular complexity index is 569. The van der Waals surface area contributed by atoms with E-state index in [2.05, 4.69) is 29.1 Å². The van der Waals surface area contributed by atoms with Crippen molar-refractivity contribution in [2.24, 2.45) is 5.92 Å². The van der Waals surface area contributed by atoms with E-state index in [0.29, 0.717) is 31.2 Å². The maximum absolute atomic E-state index is 11.7. The van der Waals surface area contributed by atoms with E-state index in [0.717, 1.165) is 10.7 Å². The van der Waals surface area contributed by atoms with Crippen molar-refractivity contribution >= 4 is 17.2 Å². The van der Waals surface area contributed by atoms with E-state index in [1.807, 2.05) is 17.5 Å². The molecule has 2 aromatic heterocycles. The Balaban J connectivity index is 1.80. The number of thiazole rings is 1. The highest BCUT2D eigenvalue weighted by Gasteiger charge is 2.08. The molecule has 0 unspecified atom stereocenters. The highest BCUT2D eigenvalue weighted by atomic mass is 32.1. The van der Waals surface area contributed by atoms with Crippen LogP contribution in [0.1, 0.15) is 24.5 Å². The third kappa shape index (κ3) is 5.51. The topological polar surface area (TPSA) is 64.1 Å². The molecule has 0 aliphatic rings. The van der Waals surface area contributed by atoms with Crippen LogP contribution >= 0.6 is 11.3 Å². The number of hydrogen-bond donors (Lipinski definition) is 1. The second-order valence-electron chi connectivity index (χ2n) is 5.08. The number of nitrogens with one attached hydrogen (secondary N) is 1. The molecule has 0 aliphatic heterocycles. The maximum atomic E-state index is 11.7. The van der Waals surface area contributed by atoms with Crippen LogP contribution in [0.15, 0.2) is 29.9 Å². The Hall–Kier alpha value is -1.95. The number of pyridine rings is 1. The third-order valence-corrected chi connectivity index (χ3v) is 3.52. The SMILES string of the molecule is CC(C)CNC(=O)Cc1csc(COc2cccnc2)n1. The van der Waals surface area contributed by atoms with Gasteiger partial charge in [-0.15, -0.1) is 11.3 Å². The van der Waals surface area contributed by atoms with Crippen LogP contribution in [-0.4, -0.2) is 22.4 Å². The standard InChI is InChI=1S/C15H19N3O2S/c1-11(2)7-17-14(19)6-12-10-21-15(18-12)9-20-13-4-3-5-16-8-13/h3-5,8,10-11H,6-7,9H2,1-2H3,(H,17,19). The fourth-order valence-corrected chi connectivity index (χ4v) is 2.32. The zero-order chi connectivity index (χ0) is 15.1. The third-order valence-electron chi connectivity index (χ3n) is 2.65. The minimum atomic E-state index is 0.00808. The molecular formula is C15H19N3O2S. The average molecular weight is 305 g/mol. The Labute approximate surface area is 128 Å². The normalized spacial score (nSPS) is 10.6.